The van der Waals surface area contributed by atoms with Gasteiger partial charge in [0, 0.05) is 4.88 Å². The quantitative estimate of drug-likeness (QED) is 0.729. The van der Waals surface area contributed by atoms with Crippen molar-refractivity contribution in [2.75, 3.05) is 12.8 Å². The van der Waals surface area contributed by atoms with E-state index in [1.807, 2.05) is 0 Å². The second kappa shape index (κ2) is 2.99. The van der Waals surface area contributed by atoms with E-state index in [-0.39, 0.29) is 5.97 Å². The Hall–Kier alpha value is -1.10. The maximum atomic E-state index is 11.2. The highest BCUT2D eigenvalue weighted by Crippen LogP contribution is 2.45. The van der Waals surface area contributed by atoms with Crippen LogP contribution in [-0.4, -0.2) is 18.1 Å². The van der Waals surface area contributed by atoms with Gasteiger partial charge >= 0.3 is 5.97 Å². The summed E-state index contributed by atoms with van der Waals surface area (Å²) in [4.78, 5) is 16.2. The first kappa shape index (κ1) is 8.50. The van der Waals surface area contributed by atoms with E-state index >= 15 is 0 Å². The summed E-state index contributed by atoms with van der Waals surface area (Å²) in [7, 11) is 1.36. The minimum atomic E-state index is -0.380. The molecule has 0 radical (unpaired) electrons. The zero-order valence-electron chi connectivity index (χ0n) is 7.24. The zero-order valence-corrected chi connectivity index (χ0v) is 8.06. The number of rotatable bonds is 2. The van der Waals surface area contributed by atoms with Crippen LogP contribution in [-0.2, 0) is 4.74 Å². The number of nitrogens with zero attached hydrogens (tertiary/aromatic N) is 1. The van der Waals surface area contributed by atoms with Gasteiger partial charge in [-0.05, 0) is 18.8 Å². The molecule has 4 nitrogen and oxygen atoms in total. The highest BCUT2D eigenvalue weighted by atomic mass is 32.1. The fourth-order valence-corrected chi connectivity index (χ4v) is 2.20. The third kappa shape index (κ3) is 1.51. The second-order valence-electron chi connectivity index (χ2n) is 3.03. The number of ether oxygens (including phenoxy) is 1. The molecule has 1 aromatic rings. The number of methoxy groups -OCH3 is 1. The Morgan fingerprint density at radius 2 is 2.38 bits per heavy atom. The van der Waals surface area contributed by atoms with E-state index in [4.69, 9.17) is 5.73 Å². The molecule has 1 aliphatic rings. The summed E-state index contributed by atoms with van der Waals surface area (Å²) in [5.41, 5.74) is 5.95. The lowest BCUT2D eigenvalue weighted by Crippen LogP contribution is -2.04. The van der Waals surface area contributed by atoms with E-state index in [9.17, 15) is 4.79 Å². The van der Waals surface area contributed by atoms with Gasteiger partial charge in [-0.2, -0.15) is 0 Å². The third-order valence-electron chi connectivity index (χ3n) is 2.00. The summed E-state index contributed by atoms with van der Waals surface area (Å²) in [5, 5.41) is 0.447. The summed E-state index contributed by atoms with van der Waals surface area (Å²) in [6.45, 7) is 0. The van der Waals surface area contributed by atoms with Gasteiger partial charge in [0.2, 0.25) is 0 Å². The summed E-state index contributed by atoms with van der Waals surface area (Å²) in [5.74, 6) is 0.110. The molecule has 0 saturated heterocycles. The molecule has 0 unspecified atom stereocenters. The Labute approximate surface area is 79.7 Å². The van der Waals surface area contributed by atoms with Crippen molar-refractivity contribution in [3.05, 3.63) is 10.6 Å². The zero-order chi connectivity index (χ0) is 9.42. The lowest BCUT2D eigenvalue weighted by molar-refractivity contribution is 0.0594. The van der Waals surface area contributed by atoms with Gasteiger partial charge < -0.3 is 10.5 Å². The van der Waals surface area contributed by atoms with Gasteiger partial charge in [-0.25, -0.2) is 9.78 Å². The van der Waals surface area contributed by atoms with Crippen molar-refractivity contribution in [2.24, 2.45) is 0 Å². The number of anilines is 1. The van der Waals surface area contributed by atoms with Gasteiger partial charge in [0.1, 0.15) is 0 Å². The lowest BCUT2D eigenvalue weighted by Gasteiger charge is -1.96. The number of thiazole rings is 1. The van der Waals surface area contributed by atoms with Gasteiger partial charge in [0.15, 0.2) is 10.8 Å². The molecule has 2 rings (SSSR count). The van der Waals surface area contributed by atoms with Crippen molar-refractivity contribution in [2.45, 2.75) is 18.8 Å². The highest BCUT2D eigenvalue weighted by molar-refractivity contribution is 7.15. The van der Waals surface area contributed by atoms with Crippen LogP contribution in [0.2, 0.25) is 0 Å². The molecule has 1 fully saturated rings. The number of carbonyl (C=O) groups is 1. The van der Waals surface area contributed by atoms with Crippen LogP contribution in [0.4, 0.5) is 5.13 Å². The summed E-state index contributed by atoms with van der Waals surface area (Å²) in [6.07, 6.45) is 2.26. The minimum Gasteiger partial charge on any atom is -0.464 e. The molecule has 1 aromatic heterocycles. The van der Waals surface area contributed by atoms with Crippen LogP contribution in [0.25, 0.3) is 0 Å². The van der Waals surface area contributed by atoms with Gasteiger partial charge in [-0.15, -0.1) is 11.3 Å². The van der Waals surface area contributed by atoms with Crippen molar-refractivity contribution in [1.29, 1.82) is 0 Å². The highest BCUT2D eigenvalue weighted by Gasteiger charge is 2.31. The number of nitrogens with two attached hydrogens (primary N) is 1. The molecule has 0 amide bonds. The monoisotopic (exact) mass is 198 g/mol. The number of aromatic nitrogens is 1. The summed E-state index contributed by atoms with van der Waals surface area (Å²) >= 11 is 1.39. The van der Waals surface area contributed by atoms with E-state index in [2.05, 4.69) is 9.72 Å². The van der Waals surface area contributed by atoms with Crippen LogP contribution >= 0.6 is 11.3 Å². The maximum absolute atomic E-state index is 11.2. The largest absolute Gasteiger partial charge is 0.464 e. The Bertz CT molecular complexity index is 344. The molecule has 2 N–H and O–H groups in total. The fraction of sp³-hybridized carbons (Fsp3) is 0.500. The first-order chi connectivity index (χ1) is 6.22. The van der Waals surface area contributed by atoms with Crippen LogP contribution in [0.15, 0.2) is 0 Å². The van der Waals surface area contributed by atoms with Crippen LogP contribution in [0.5, 0.6) is 0 Å². The predicted molar refractivity (Wildman–Crippen MR) is 49.8 cm³/mol. The van der Waals surface area contributed by atoms with Crippen molar-refractivity contribution in [1.82, 2.24) is 4.98 Å². The van der Waals surface area contributed by atoms with E-state index in [1.54, 1.807) is 0 Å². The maximum Gasteiger partial charge on any atom is 0.357 e. The molecule has 0 spiro atoms. The molecular formula is C8H10N2O2S. The fourth-order valence-electron chi connectivity index (χ4n) is 1.21. The minimum absolute atomic E-state index is 0.380. The van der Waals surface area contributed by atoms with E-state index < -0.39 is 0 Å². The van der Waals surface area contributed by atoms with Crippen LogP contribution < -0.4 is 5.73 Å². The molecule has 5 heteroatoms. The standard InChI is InChI=1S/C8H10N2O2S/c1-12-7(11)5-6(4-2-3-4)13-8(9)10-5/h4H,2-3H2,1H3,(H2,9,10). The first-order valence-electron chi connectivity index (χ1n) is 4.07. The first-order valence-corrected chi connectivity index (χ1v) is 4.88. The van der Waals surface area contributed by atoms with Gasteiger partial charge in [0.25, 0.3) is 0 Å². The van der Waals surface area contributed by atoms with E-state index in [0.29, 0.717) is 16.7 Å². The molecule has 70 valence electrons. The molecule has 13 heavy (non-hydrogen) atoms. The molecule has 1 heterocycles. The number of esters is 1. The Balaban J connectivity index is 2.36. The van der Waals surface area contributed by atoms with Crippen LogP contribution in [0.3, 0.4) is 0 Å². The van der Waals surface area contributed by atoms with Gasteiger partial charge in [0.05, 0.1) is 7.11 Å². The molecular weight excluding hydrogens is 188 g/mol. The smallest absolute Gasteiger partial charge is 0.357 e. The topological polar surface area (TPSA) is 65.2 Å². The number of carbonyl (C=O) groups excluding carboxylic acids is 1. The number of hydrogen-bond acceptors (Lipinski definition) is 5. The van der Waals surface area contributed by atoms with Crippen molar-refractivity contribution in [3.63, 3.8) is 0 Å². The Morgan fingerprint density at radius 1 is 1.69 bits per heavy atom. The number of nitrogen functional groups attached to an aromatic ring is 1. The van der Waals surface area contributed by atoms with Crippen molar-refractivity contribution >= 4 is 22.4 Å². The summed E-state index contributed by atoms with van der Waals surface area (Å²) < 4.78 is 4.62. The van der Waals surface area contributed by atoms with Gasteiger partial charge in [-0.3, -0.25) is 0 Å². The van der Waals surface area contributed by atoms with E-state index in [0.717, 1.165) is 17.7 Å². The SMILES string of the molecule is COC(=O)c1nc(N)sc1C1CC1. The molecule has 0 aromatic carbocycles. The molecule has 1 aliphatic carbocycles. The average Bonchev–Trinajstić information content (AvgIpc) is 2.89. The molecule has 1 saturated carbocycles. The van der Waals surface area contributed by atoms with E-state index in [1.165, 1.54) is 18.4 Å². The third-order valence-corrected chi connectivity index (χ3v) is 3.04. The second-order valence-corrected chi connectivity index (χ2v) is 4.09. The Morgan fingerprint density at radius 3 is 2.92 bits per heavy atom. The van der Waals surface area contributed by atoms with Crippen LogP contribution in [0, 0.1) is 0 Å². The van der Waals surface area contributed by atoms with Gasteiger partial charge in [-0.1, -0.05) is 0 Å². The normalized spacial score (nSPS) is 15.8. The van der Waals surface area contributed by atoms with Crippen LogP contribution in [0.1, 0.15) is 34.1 Å². The molecule has 0 bridgehead atoms. The average molecular weight is 198 g/mol. The predicted octanol–water partition coefficient (Wildman–Crippen LogP) is 1.39. The van der Waals surface area contributed by atoms with Crippen molar-refractivity contribution < 1.29 is 9.53 Å². The summed E-state index contributed by atoms with van der Waals surface area (Å²) in [6, 6.07) is 0. The number of hydrogen-bond donors (Lipinski definition) is 1. The lowest BCUT2D eigenvalue weighted by atomic mass is 10.3. The van der Waals surface area contributed by atoms with Crippen molar-refractivity contribution in [3.8, 4) is 0 Å². The Kier molecular flexibility index (Phi) is 1.95. The molecule has 0 aliphatic heterocycles. The molecule has 0 atom stereocenters.